The summed E-state index contributed by atoms with van der Waals surface area (Å²) in [6, 6.07) is 12.0. The molecule has 3 rings (SSSR count). The first-order valence-electron chi connectivity index (χ1n) is 6.84. The minimum atomic E-state index is -0.0581. The van der Waals surface area contributed by atoms with Crippen LogP contribution in [0.5, 0.6) is 0 Å². The summed E-state index contributed by atoms with van der Waals surface area (Å²) < 4.78 is 0. The van der Waals surface area contributed by atoms with Crippen molar-refractivity contribution in [3.05, 3.63) is 65.5 Å². The maximum absolute atomic E-state index is 12.0. The molecule has 1 aromatic carbocycles. The Hall–Kier alpha value is -2.20. The quantitative estimate of drug-likeness (QED) is 0.890. The molecular weight excluding hydrogens is 250 g/mol. The van der Waals surface area contributed by atoms with E-state index >= 15 is 0 Å². The highest BCUT2D eigenvalue weighted by Crippen LogP contribution is 2.21. The van der Waals surface area contributed by atoms with Gasteiger partial charge in [-0.25, -0.2) is 0 Å². The van der Waals surface area contributed by atoms with E-state index in [0.29, 0.717) is 12.1 Å². The number of hydrogen-bond donors (Lipinski definition) is 2. The van der Waals surface area contributed by atoms with Gasteiger partial charge in [-0.2, -0.15) is 0 Å². The zero-order valence-corrected chi connectivity index (χ0v) is 11.2. The summed E-state index contributed by atoms with van der Waals surface area (Å²) in [6.07, 6.45) is 4.30. The summed E-state index contributed by atoms with van der Waals surface area (Å²) >= 11 is 0. The smallest absolute Gasteiger partial charge is 0.251 e. The number of carbonyl (C=O) groups is 1. The van der Waals surface area contributed by atoms with Crippen LogP contribution in [0, 0.1) is 0 Å². The number of carbonyl (C=O) groups excluding carboxylic acids is 1. The van der Waals surface area contributed by atoms with Crippen LogP contribution >= 0.6 is 0 Å². The number of hydrogen-bond acceptors (Lipinski definition) is 3. The lowest BCUT2D eigenvalue weighted by Gasteiger charge is -2.27. The van der Waals surface area contributed by atoms with Crippen molar-refractivity contribution in [1.82, 2.24) is 15.6 Å². The number of fused-ring (bicyclic) bond motifs is 1. The number of amides is 1. The zero-order chi connectivity index (χ0) is 13.8. The number of benzene rings is 1. The van der Waals surface area contributed by atoms with Crippen LogP contribution in [0.15, 0.2) is 48.8 Å². The molecule has 1 aromatic heterocycles. The van der Waals surface area contributed by atoms with E-state index < -0.39 is 0 Å². The monoisotopic (exact) mass is 267 g/mol. The second-order valence-corrected chi connectivity index (χ2v) is 4.90. The molecule has 0 saturated carbocycles. The largest absolute Gasteiger partial charge is 0.350 e. The summed E-state index contributed by atoms with van der Waals surface area (Å²) in [5, 5.41) is 6.44. The Balaban J connectivity index is 1.67. The fourth-order valence-electron chi connectivity index (χ4n) is 2.58. The van der Waals surface area contributed by atoms with Gasteiger partial charge in [-0.05, 0) is 36.2 Å². The van der Waals surface area contributed by atoms with Gasteiger partial charge < -0.3 is 10.6 Å². The molecule has 0 fully saturated rings. The van der Waals surface area contributed by atoms with Gasteiger partial charge in [-0.1, -0.05) is 24.3 Å². The first kappa shape index (κ1) is 12.8. The summed E-state index contributed by atoms with van der Waals surface area (Å²) in [5.41, 5.74) is 3.30. The summed E-state index contributed by atoms with van der Waals surface area (Å²) in [5.74, 6) is -0.0581. The third-order valence-electron chi connectivity index (χ3n) is 3.62. The molecule has 102 valence electrons. The van der Waals surface area contributed by atoms with Crippen LogP contribution in [-0.2, 0) is 6.42 Å². The number of pyridine rings is 1. The Kier molecular flexibility index (Phi) is 3.74. The molecule has 0 spiro atoms. The normalized spacial score (nSPS) is 17.3. The van der Waals surface area contributed by atoms with Crippen molar-refractivity contribution >= 4 is 5.91 Å². The second kappa shape index (κ2) is 5.84. The molecule has 2 heterocycles. The van der Waals surface area contributed by atoms with Crippen molar-refractivity contribution in [2.75, 3.05) is 13.1 Å². The molecule has 1 atom stereocenters. The van der Waals surface area contributed by atoms with E-state index in [-0.39, 0.29) is 11.9 Å². The summed E-state index contributed by atoms with van der Waals surface area (Å²) in [7, 11) is 0. The molecule has 4 heteroatoms. The third-order valence-corrected chi connectivity index (χ3v) is 3.62. The van der Waals surface area contributed by atoms with E-state index in [4.69, 9.17) is 0 Å². The van der Waals surface area contributed by atoms with E-state index in [1.807, 2.05) is 6.07 Å². The standard InChI is InChI=1S/C16H17N3O/c20-16(13-5-8-17-9-6-13)19-11-15-14-4-2-1-3-12(14)7-10-18-15/h1-6,8-9,15,18H,7,10-11H2,(H,19,20). The molecule has 20 heavy (non-hydrogen) atoms. The Bertz CT molecular complexity index is 598. The van der Waals surface area contributed by atoms with Gasteiger partial charge in [-0.3, -0.25) is 9.78 Å². The van der Waals surface area contributed by atoms with Crippen molar-refractivity contribution in [1.29, 1.82) is 0 Å². The molecule has 1 unspecified atom stereocenters. The fraction of sp³-hybridized carbons (Fsp3) is 0.250. The van der Waals surface area contributed by atoms with Gasteiger partial charge in [0.05, 0.1) is 0 Å². The summed E-state index contributed by atoms with van der Waals surface area (Å²) in [4.78, 5) is 15.9. The van der Waals surface area contributed by atoms with Gasteiger partial charge in [0.2, 0.25) is 0 Å². The predicted octanol–water partition coefficient (Wildman–Crippen LogP) is 1.70. The second-order valence-electron chi connectivity index (χ2n) is 4.90. The molecule has 0 aliphatic carbocycles. The maximum atomic E-state index is 12.0. The molecule has 0 bridgehead atoms. The number of nitrogens with zero attached hydrogens (tertiary/aromatic N) is 1. The first-order valence-corrected chi connectivity index (χ1v) is 6.84. The molecule has 1 aliphatic heterocycles. The minimum Gasteiger partial charge on any atom is -0.350 e. The molecule has 2 N–H and O–H groups in total. The van der Waals surface area contributed by atoms with Crippen LogP contribution in [0.25, 0.3) is 0 Å². The van der Waals surface area contributed by atoms with E-state index in [1.54, 1.807) is 24.5 Å². The minimum absolute atomic E-state index is 0.0581. The van der Waals surface area contributed by atoms with Crippen LogP contribution in [0.3, 0.4) is 0 Å². The lowest BCUT2D eigenvalue weighted by molar-refractivity contribution is 0.0949. The third kappa shape index (κ3) is 2.70. The predicted molar refractivity (Wildman–Crippen MR) is 77.5 cm³/mol. The average Bonchev–Trinajstić information content (AvgIpc) is 2.53. The van der Waals surface area contributed by atoms with Gasteiger partial charge in [-0.15, -0.1) is 0 Å². The van der Waals surface area contributed by atoms with Crippen molar-refractivity contribution in [3.8, 4) is 0 Å². The van der Waals surface area contributed by atoms with E-state index in [0.717, 1.165) is 13.0 Å². The Labute approximate surface area is 118 Å². The number of rotatable bonds is 3. The zero-order valence-electron chi connectivity index (χ0n) is 11.2. The molecule has 4 nitrogen and oxygen atoms in total. The van der Waals surface area contributed by atoms with Gasteiger partial charge in [0.15, 0.2) is 0 Å². The fourth-order valence-corrected chi connectivity index (χ4v) is 2.58. The average molecular weight is 267 g/mol. The van der Waals surface area contributed by atoms with Gasteiger partial charge in [0.1, 0.15) is 0 Å². The molecule has 0 saturated heterocycles. The van der Waals surface area contributed by atoms with Crippen LogP contribution in [0.4, 0.5) is 0 Å². The van der Waals surface area contributed by atoms with Crippen molar-refractivity contribution in [3.63, 3.8) is 0 Å². The van der Waals surface area contributed by atoms with Gasteiger partial charge in [0.25, 0.3) is 5.91 Å². The lowest BCUT2D eigenvalue weighted by atomic mass is 9.94. The van der Waals surface area contributed by atoms with Crippen LogP contribution in [-0.4, -0.2) is 24.0 Å². The highest BCUT2D eigenvalue weighted by molar-refractivity contribution is 5.93. The van der Waals surface area contributed by atoms with E-state index in [9.17, 15) is 4.79 Å². The number of nitrogens with one attached hydrogen (secondary N) is 2. The first-order chi connectivity index (χ1) is 9.84. The molecule has 2 aromatic rings. The highest BCUT2D eigenvalue weighted by Gasteiger charge is 2.19. The van der Waals surface area contributed by atoms with Crippen LogP contribution < -0.4 is 10.6 Å². The van der Waals surface area contributed by atoms with Gasteiger partial charge >= 0.3 is 0 Å². The highest BCUT2D eigenvalue weighted by atomic mass is 16.1. The lowest BCUT2D eigenvalue weighted by Crippen LogP contribution is -2.38. The molecule has 0 radical (unpaired) electrons. The molecule has 1 aliphatic rings. The van der Waals surface area contributed by atoms with E-state index in [2.05, 4.69) is 33.8 Å². The molecular formula is C16H17N3O. The van der Waals surface area contributed by atoms with Crippen molar-refractivity contribution < 1.29 is 4.79 Å². The van der Waals surface area contributed by atoms with E-state index in [1.165, 1.54) is 11.1 Å². The van der Waals surface area contributed by atoms with Crippen molar-refractivity contribution in [2.24, 2.45) is 0 Å². The van der Waals surface area contributed by atoms with Crippen LogP contribution in [0.1, 0.15) is 27.5 Å². The molecule has 1 amide bonds. The van der Waals surface area contributed by atoms with Crippen molar-refractivity contribution in [2.45, 2.75) is 12.5 Å². The summed E-state index contributed by atoms with van der Waals surface area (Å²) in [6.45, 7) is 1.55. The van der Waals surface area contributed by atoms with Gasteiger partial charge in [0, 0.05) is 30.5 Å². The Morgan fingerprint density at radius 3 is 2.90 bits per heavy atom. The Morgan fingerprint density at radius 2 is 2.05 bits per heavy atom. The topological polar surface area (TPSA) is 54.0 Å². The maximum Gasteiger partial charge on any atom is 0.251 e. The van der Waals surface area contributed by atoms with Crippen LogP contribution in [0.2, 0.25) is 0 Å². The SMILES string of the molecule is O=C(NCC1NCCc2ccccc21)c1ccncc1. The number of aromatic nitrogens is 1. The Morgan fingerprint density at radius 1 is 1.25 bits per heavy atom.